The summed E-state index contributed by atoms with van der Waals surface area (Å²) >= 11 is 6.01. The fourth-order valence-electron chi connectivity index (χ4n) is 2.13. The molecule has 0 amide bonds. The number of nitrogens with zero attached hydrogens (tertiary/aromatic N) is 1. The third-order valence-electron chi connectivity index (χ3n) is 3.33. The Kier molecular flexibility index (Phi) is 5.45. The van der Waals surface area contributed by atoms with Gasteiger partial charge in [-0.15, -0.1) is 0 Å². The van der Waals surface area contributed by atoms with Gasteiger partial charge in [0, 0.05) is 13.1 Å². The number of primary sulfonamides is 1. The molecule has 0 bridgehead atoms. The van der Waals surface area contributed by atoms with Crippen LogP contribution in [0.25, 0.3) is 0 Å². The molecule has 2 rings (SSSR count). The third kappa shape index (κ3) is 4.55. The maximum atomic E-state index is 11.2. The molecule has 1 heterocycles. The molecule has 21 heavy (non-hydrogen) atoms. The van der Waals surface area contributed by atoms with E-state index in [4.69, 9.17) is 26.2 Å². The second-order valence-electron chi connectivity index (χ2n) is 4.83. The summed E-state index contributed by atoms with van der Waals surface area (Å²) in [6.45, 7) is 5.86. The first-order valence-electron chi connectivity index (χ1n) is 6.69. The predicted octanol–water partition coefficient (Wildman–Crippen LogP) is 1.09. The monoisotopic (exact) mass is 334 g/mol. The summed E-state index contributed by atoms with van der Waals surface area (Å²) < 4.78 is 33.7. The Labute approximate surface area is 129 Å². The van der Waals surface area contributed by atoms with Crippen molar-refractivity contribution in [1.29, 1.82) is 0 Å². The molecule has 2 N–H and O–H groups in total. The van der Waals surface area contributed by atoms with Crippen molar-refractivity contribution in [3.05, 3.63) is 23.2 Å². The molecule has 0 aliphatic carbocycles. The first-order chi connectivity index (χ1) is 9.90. The number of rotatable bonds is 5. The van der Waals surface area contributed by atoms with Gasteiger partial charge in [0.2, 0.25) is 10.0 Å². The van der Waals surface area contributed by atoms with E-state index in [1.807, 2.05) is 0 Å². The minimum Gasteiger partial charge on any atom is -0.489 e. The topological polar surface area (TPSA) is 81.9 Å². The van der Waals surface area contributed by atoms with Gasteiger partial charge in [-0.05, 0) is 24.7 Å². The maximum absolute atomic E-state index is 11.2. The zero-order valence-corrected chi connectivity index (χ0v) is 13.4. The highest BCUT2D eigenvalue weighted by Gasteiger charge is 2.20. The molecule has 118 valence electrons. The smallest absolute Gasteiger partial charge is 0.238 e. The van der Waals surface area contributed by atoms with E-state index in [1.54, 1.807) is 0 Å². The molecule has 0 radical (unpaired) electrons. The molecule has 1 saturated heterocycles. The number of hydrogen-bond acceptors (Lipinski definition) is 5. The van der Waals surface area contributed by atoms with E-state index in [0.29, 0.717) is 19.0 Å². The minimum absolute atomic E-state index is 0.0207. The van der Waals surface area contributed by atoms with Gasteiger partial charge in [-0.2, -0.15) is 0 Å². The Balaban J connectivity index is 1.97. The number of halogens is 1. The molecule has 1 atom stereocenters. The van der Waals surface area contributed by atoms with Crippen molar-refractivity contribution in [3.63, 3.8) is 0 Å². The Morgan fingerprint density at radius 2 is 2.29 bits per heavy atom. The first-order valence-corrected chi connectivity index (χ1v) is 8.61. The molecule has 1 aliphatic rings. The zero-order valence-electron chi connectivity index (χ0n) is 11.8. The lowest BCUT2D eigenvalue weighted by molar-refractivity contribution is -0.0463. The number of sulfonamides is 1. The van der Waals surface area contributed by atoms with Crippen molar-refractivity contribution < 1.29 is 17.9 Å². The van der Waals surface area contributed by atoms with Gasteiger partial charge in [0.1, 0.15) is 18.5 Å². The fraction of sp³-hybridized carbons (Fsp3) is 0.538. The van der Waals surface area contributed by atoms with Gasteiger partial charge in [-0.3, -0.25) is 4.90 Å². The van der Waals surface area contributed by atoms with Gasteiger partial charge in [0.15, 0.2) is 0 Å². The molecule has 0 aromatic heterocycles. The van der Waals surface area contributed by atoms with E-state index in [9.17, 15) is 8.42 Å². The van der Waals surface area contributed by atoms with E-state index in [0.717, 1.165) is 19.6 Å². The number of benzene rings is 1. The number of ether oxygens (including phenoxy) is 2. The zero-order chi connectivity index (χ0) is 15.5. The summed E-state index contributed by atoms with van der Waals surface area (Å²) in [5, 5.41) is 5.26. The molecule has 6 nitrogen and oxygen atoms in total. The standard InChI is InChI=1S/C13H19ClN2O4S/c1-2-16-5-6-19-10(8-16)9-20-13-4-3-11(7-12(13)14)21(15,17)18/h3-4,7,10H,2,5-6,8-9H2,1H3,(H2,15,17,18). The molecule has 1 aliphatic heterocycles. The van der Waals surface area contributed by atoms with E-state index in [1.165, 1.54) is 18.2 Å². The van der Waals surface area contributed by atoms with Crippen molar-refractivity contribution in [2.75, 3.05) is 32.8 Å². The predicted molar refractivity (Wildman–Crippen MR) is 80.2 cm³/mol. The fourth-order valence-corrected chi connectivity index (χ4v) is 2.97. The van der Waals surface area contributed by atoms with Gasteiger partial charge in [-0.1, -0.05) is 18.5 Å². The molecule has 1 aromatic rings. The lowest BCUT2D eigenvalue weighted by Gasteiger charge is -2.31. The van der Waals surface area contributed by atoms with Crippen molar-refractivity contribution in [3.8, 4) is 5.75 Å². The second-order valence-corrected chi connectivity index (χ2v) is 6.80. The van der Waals surface area contributed by atoms with Gasteiger partial charge in [-0.25, -0.2) is 13.6 Å². The maximum Gasteiger partial charge on any atom is 0.238 e. The molecule has 1 aromatic carbocycles. The van der Waals surface area contributed by atoms with Crippen LogP contribution in [-0.4, -0.2) is 52.3 Å². The summed E-state index contributed by atoms with van der Waals surface area (Å²) in [6, 6.07) is 4.16. The van der Waals surface area contributed by atoms with Crippen molar-refractivity contribution in [2.45, 2.75) is 17.9 Å². The minimum atomic E-state index is -3.76. The Morgan fingerprint density at radius 3 is 2.90 bits per heavy atom. The van der Waals surface area contributed by atoms with Crippen LogP contribution >= 0.6 is 11.6 Å². The van der Waals surface area contributed by atoms with Crippen molar-refractivity contribution >= 4 is 21.6 Å². The Bertz CT molecular complexity index is 594. The molecule has 1 fully saturated rings. The average molecular weight is 335 g/mol. The van der Waals surface area contributed by atoms with Crippen LogP contribution in [0.4, 0.5) is 0 Å². The lowest BCUT2D eigenvalue weighted by Crippen LogP contribution is -2.44. The van der Waals surface area contributed by atoms with Crippen molar-refractivity contribution in [1.82, 2.24) is 4.90 Å². The molecule has 0 spiro atoms. The van der Waals surface area contributed by atoms with E-state index < -0.39 is 10.0 Å². The number of nitrogens with two attached hydrogens (primary N) is 1. The molecule has 1 unspecified atom stereocenters. The SMILES string of the molecule is CCN1CCOC(COc2ccc(S(N)(=O)=O)cc2Cl)C1. The van der Waals surface area contributed by atoms with Gasteiger partial charge < -0.3 is 9.47 Å². The van der Waals surface area contributed by atoms with Crippen LogP contribution in [-0.2, 0) is 14.8 Å². The van der Waals surface area contributed by atoms with E-state index in [2.05, 4.69) is 11.8 Å². The van der Waals surface area contributed by atoms with Crippen LogP contribution < -0.4 is 9.88 Å². The second kappa shape index (κ2) is 6.93. The molecular weight excluding hydrogens is 316 g/mol. The van der Waals surface area contributed by atoms with Crippen LogP contribution in [0, 0.1) is 0 Å². The highest BCUT2D eigenvalue weighted by atomic mass is 35.5. The molecule has 0 saturated carbocycles. The molecular formula is C13H19ClN2O4S. The van der Waals surface area contributed by atoms with Crippen LogP contribution in [0.5, 0.6) is 5.75 Å². The Hall–Kier alpha value is -0.860. The largest absolute Gasteiger partial charge is 0.489 e. The van der Waals surface area contributed by atoms with Crippen LogP contribution in [0.3, 0.4) is 0 Å². The van der Waals surface area contributed by atoms with Gasteiger partial charge in [0.05, 0.1) is 16.5 Å². The third-order valence-corrected chi connectivity index (χ3v) is 4.53. The number of morpholine rings is 1. The highest BCUT2D eigenvalue weighted by molar-refractivity contribution is 7.89. The normalized spacial score (nSPS) is 20.4. The summed E-state index contributed by atoms with van der Waals surface area (Å²) in [5.41, 5.74) is 0. The summed E-state index contributed by atoms with van der Waals surface area (Å²) in [7, 11) is -3.76. The van der Waals surface area contributed by atoms with Crippen LogP contribution in [0.1, 0.15) is 6.92 Å². The summed E-state index contributed by atoms with van der Waals surface area (Å²) in [5.74, 6) is 0.418. The van der Waals surface area contributed by atoms with Crippen molar-refractivity contribution in [2.24, 2.45) is 5.14 Å². The lowest BCUT2D eigenvalue weighted by atomic mass is 10.3. The van der Waals surface area contributed by atoms with E-state index in [-0.39, 0.29) is 16.0 Å². The van der Waals surface area contributed by atoms with E-state index >= 15 is 0 Å². The summed E-state index contributed by atoms with van der Waals surface area (Å²) in [4.78, 5) is 2.24. The Morgan fingerprint density at radius 1 is 1.52 bits per heavy atom. The highest BCUT2D eigenvalue weighted by Crippen LogP contribution is 2.27. The number of hydrogen-bond donors (Lipinski definition) is 1. The quantitative estimate of drug-likeness (QED) is 0.871. The number of likely N-dealkylation sites (N-methyl/N-ethyl adjacent to an activating group) is 1. The van der Waals surface area contributed by atoms with Gasteiger partial charge >= 0.3 is 0 Å². The molecule has 8 heteroatoms. The average Bonchev–Trinajstić information content (AvgIpc) is 2.45. The first kappa shape index (κ1) is 16.5. The van der Waals surface area contributed by atoms with Gasteiger partial charge in [0.25, 0.3) is 0 Å². The van der Waals surface area contributed by atoms with Crippen LogP contribution in [0.15, 0.2) is 23.1 Å². The summed E-state index contributed by atoms with van der Waals surface area (Å²) in [6.07, 6.45) is -0.0207. The van der Waals surface area contributed by atoms with Crippen LogP contribution in [0.2, 0.25) is 5.02 Å².